The minimum absolute atomic E-state index is 0.112. The lowest BCUT2D eigenvalue weighted by molar-refractivity contribution is -0.146. The fourth-order valence-electron chi connectivity index (χ4n) is 1.70. The van der Waals surface area contributed by atoms with Crippen LogP contribution in [0.2, 0.25) is 0 Å². The van der Waals surface area contributed by atoms with Gasteiger partial charge in [-0.15, -0.1) is 0 Å². The maximum Gasteiger partial charge on any atom is 0.307 e. The van der Waals surface area contributed by atoms with Gasteiger partial charge in [0.25, 0.3) is 0 Å². The summed E-state index contributed by atoms with van der Waals surface area (Å²) in [4.78, 5) is 11.3. The maximum atomic E-state index is 11.3. The second-order valence-corrected chi connectivity index (χ2v) is 4.30. The van der Waals surface area contributed by atoms with Crippen LogP contribution in [0.5, 0.6) is 0 Å². The van der Waals surface area contributed by atoms with Gasteiger partial charge in [0.05, 0.1) is 12.5 Å². The summed E-state index contributed by atoms with van der Waals surface area (Å²) in [6.07, 6.45) is 5.24. The molecule has 15 heavy (non-hydrogen) atoms. The molecule has 2 fully saturated rings. The van der Waals surface area contributed by atoms with E-state index in [1.54, 1.807) is 0 Å². The van der Waals surface area contributed by atoms with Crippen molar-refractivity contribution in [2.45, 2.75) is 44.2 Å². The first-order valence-corrected chi connectivity index (χ1v) is 5.85. The monoisotopic (exact) mass is 213 g/mol. The first-order chi connectivity index (χ1) is 7.34. The summed E-state index contributed by atoms with van der Waals surface area (Å²) in [5.41, 5.74) is 0. The van der Waals surface area contributed by atoms with Crippen molar-refractivity contribution in [3.63, 3.8) is 0 Å². The van der Waals surface area contributed by atoms with Gasteiger partial charge in [-0.3, -0.25) is 4.79 Å². The SMILES string of the molecule is O=C(CCNC1CC1)OCC1CCCO1. The van der Waals surface area contributed by atoms with Gasteiger partial charge in [0.15, 0.2) is 0 Å². The summed E-state index contributed by atoms with van der Waals surface area (Å²) >= 11 is 0. The molecule has 4 heteroatoms. The third kappa shape index (κ3) is 4.18. The number of carbonyl (C=O) groups excluding carboxylic acids is 1. The first-order valence-electron chi connectivity index (χ1n) is 5.85. The second kappa shape index (κ2) is 5.47. The van der Waals surface area contributed by atoms with Gasteiger partial charge < -0.3 is 14.8 Å². The molecule has 4 nitrogen and oxygen atoms in total. The van der Waals surface area contributed by atoms with Crippen molar-refractivity contribution in [1.82, 2.24) is 5.32 Å². The maximum absolute atomic E-state index is 11.3. The van der Waals surface area contributed by atoms with Crippen molar-refractivity contribution in [3.8, 4) is 0 Å². The Kier molecular flexibility index (Phi) is 3.97. The Balaban J connectivity index is 1.47. The predicted molar refractivity (Wildman–Crippen MR) is 55.6 cm³/mol. The molecule has 1 unspecified atom stereocenters. The van der Waals surface area contributed by atoms with E-state index in [4.69, 9.17) is 9.47 Å². The van der Waals surface area contributed by atoms with Gasteiger partial charge in [-0.05, 0) is 25.7 Å². The van der Waals surface area contributed by atoms with E-state index in [2.05, 4.69) is 5.32 Å². The molecule has 0 aromatic carbocycles. The highest BCUT2D eigenvalue weighted by molar-refractivity contribution is 5.69. The van der Waals surface area contributed by atoms with Crippen molar-refractivity contribution in [3.05, 3.63) is 0 Å². The quantitative estimate of drug-likeness (QED) is 0.664. The highest BCUT2D eigenvalue weighted by atomic mass is 16.6. The molecule has 1 N–H and O–H groups in total. The largest absolute Gasteiger partial charge is 0.463 e. The van der Waals surface area contributed by atoms with Crippen LogP contribution in [0.15, 0.2) is 0 Å². The zero-order valence-electron chi connectivity index (χ0n) is 9.04. The Morgan fingerprint density at radius 3 is 2.93 bits per heavy atom. The molecule has 1 aliphatic heterocycles. The van der Waals surface area contributed by atoms with Crippen molar-refractivity contribution in [2.75, 3.05) is 19.8 Å². The summed E-state index contributed by atoms with van der Waals surface area (Å²) in [5, 5.41) is 3.28. The highest BCUT2D eigenvalue weighted by Gasteiger charge is 2.21. The molecule has 0 spiro atoms. The molecule has 86 valence electrons. The van der Waals surface area contributed by atoms with Gasteiger partial charge in [0, 0.05) is 19.2 Å². The summed E-state index contributed by atoms with van der Waals surface area (Å²) < 4.78 is 10.5. The van der Waals surface area contributed by atoms with Crippen LogP contribution in [0.3, 0.4) is 0 Å². The average Bonchev–Trinajstić information content (AvgIpc) is 2.91. The van der Waals surface area contributed by atoms with Crippen LogP contribution in [0.4, 0.5) is 0 Å². The molecule has 2 rings (SSSR count). The van der Waals surface area contributed by atoms with Gasteiger partial charge in [-0.2, -0.15) is 0 Å². The van der Waals surface area contributed by atoms with Crippen LogP contribution in [0, 0.1) is 0 Å². The Bertz CT molecular complexity index is 210. The van der Waals surface area contributed by atoms with E-state index in [0.29, 0.717) is 19.1 Å². The number of ether oxygens (including phenoxy) is 2. The van der Waals surface area contributed by atoms with Crippen LogP contribution in [-0.2, 0) is 14.3 Å². The van der Waals surface area contributed by atoms with Crippen LogP contribution in [0.25, 0.3) is 0 Å². The van der Waals surface area contributed by atoms with E-state index in [-0.39, 0.29) is 12.1 Å². The number of rotatable bonds is 6. The van der Waals surface area contributed by atoms with E-state index in [1.807, 2.05) is 0 Å². The molecule has 1 atom stereocenters. The van der Waals surface area contributed by atoms with Gasteiger partial charge in [-0.25, -0.2) is 0 Å². The number of hydrogen-bond acceptors (Lipinski definition) is 4. The van der Waals surface area contributed by atoms with Crippen LogP contribution in [-0.4, -0.2) is 37.9 Å². The Morgan fingerprint density at radius 2 is 2.27 bits per heavy atom. The third-order valence-electron chi connectivity index (χ3n) is 2.79. The van der Waals surface area contributed by atoms with E-state index in [9.17, 15) is 4.79 Å². The van der Waals surface area contributed by atoms with Crippen molar-refractivity contribution < 1.29 is 14.3 Å². The number of hydrogen-bond donors (Lipinski definition) is 1. The topological polar surface area (TPSA) is 47.6 Å². The number of esters is 1. The summed E-state index contributed by atoms with van der Waals surface area (Å²) in [6, 6.07) is 0.663. The molecule has 0 radical (unpaired) electrons. The lowest BCUT2D eigenvalue weighted by Crippen LogP contribution is -2.23. The lowest BCUT2D eigenvalue weighted by Gasteiger charge is -2.10. The Labute approximate surface area is 90.3 Å². The summed E-state index contributed by atoms with van der Waals surface area (Å²) in [6.45, 7) is 1.99. The molecule has 1 saturated heterocycles. The normalized spacial score (nSPS) is 25.5. The van der Waals surface area contributed by atoms with Crippen LogP contribution >= 0.6 is 0 Å². The Hall–Kier alpha value is -0.610. The molecule has 1 saturated carbocycles. The smallest absolute Gasteiger partial charge is 0.307 e. The molecule has 0 amide bonds. The van der Waals surface area contributed by atoms with E-state index in [0.717, 1.165) is 26.0 Å². The molecule has 2 aliphatic rings. The van der Waals surface area contributed by atoms with Crippen LogP contribution < -0.4 is 5.32 Å². The van der Waals surface area contributed by atoms with Crippen molar-refractivity contribution in [1.29, 1.82) is 0 Å². The van der Waals surface area contributed by atoms with Crippen molar-refractivity contribution in [2.24, 2.45) is 0 Å². The molecule has 0 aromatic heterocycles. The molecule has 0 bridgehead atoms. The lowest BCUT2D eigenvalue weighted by atomic mass is 10.2. The zero-order chi connectivity index (χ0) is 10.5. The van der Waals surface area contributed by atoms with Gasteiger partial charge in [0.1, 0.15) is 6.61 Å². The predicted octanol–water partition coefficient (Wildman–Crippen LogP) is 0.851. The standard InChI is InChI=1S/C11H19NO3/c13-11(5-6-12-9-3-4-9)15-8-10-2-1-7-14-10/h9-10,12H,1-8H2. The minimum Gasteiger partial charge on any atom is -0.463 e. The highest BCUT2D eigenvalue weighted by Crippen LogP contribution is 2.18. The molecular weight excluding hydrogens is 194 g/mol. The Morgan fingerprint density at radius 1 is 1.40 bits per heavy atom. The van der Waals surface area contributed by atoms with Crippen LogP contribution in [0.1, 0.15) is 32.1 Å². The van der Waals surface area contributed by atoms with Crippen molar-refractivity contribution >= 4 is 5.97 Å². The van der Waals surface area contributed by atoms with Gasteiger partial charge in [-0.1, -0.05) is 0 Å². The molecule has 1 aliphatic carbocycles. The minimum atomic E-state index is -0.112. The van der Waals surface area contributed by atoms with E-state index in [1.165, 1.54) is 12.8 Å². The van der Waals surface area contributed by atoms with E-state index >= 15 is 0 Å². The second-order valence-electron chi connectivity index (χ2n) is 4.30. The summed E-state index contributed by atoms with van der Waals surface area (Å²) in [7, 11) is 0. The molecule has 1 heterocycles. The zero-order valence-corrected chi connectivity index (χ0v) is 9.04. The van der Waals surface area contributed by atoms with Gasteiger partial charge in [0.2, 0.25) is 0 Å². The molecular formula is C11H19NO3. The summed E-state index contributed by atoms with van der Waals surface area (Å²) in [5.74, 6) is -0.112. The first kappa shape index (κ1) is 10.9. The fourth-order valence-corrected chi connectivity index (χ4v) is 1.70. The fraction of sp³-hybridized carbons (Fsp3) is 0.909. The number of nitrogens with one attached hydrogen (secondary N) is 1. The van der Waals surface area contributed by atoms with Gasteiger partial charge >= 0.3 is 5.97 Å². The van der Waals surface area contributed by atoms with E-state index < -0.39 is 0 Å². The third-order valence-corrected chi connectivity index (χ3v) is 2.79. The molecule has 0 aromatic rings. The number of carbonyl (C=O) groups is 1. The average molecular weight is 213 g/mol.